The molecule has 0 spiro atoms. The van der Waals surface area contributed by atoms with Gasteiger partial charge in [-0.3, -0.25) is 0 Å². The molecule has 3 rings (SSSR count). The predicted octanol–water partition coefficient (Wildman–Crippen LogP) is 3.81. The third kappa shape index (κ3) is 2.37. The zero-order valence-corrected chi connectivity index (χ0v) is 11.5. The summed E-state index contributed by atoms with van der Waals surface area (Å²) >= 11 is 0. The molecule has 1 aromatic heterocycles. The number of rotatable bonds is 4. The number of nitrogens with zero attached hydrogens (tertiary/aromatic N) is 2. The minimum absolute atomic E-state index is 0.499. The molecule has 0 atom stereocenters. The van der Waals surface area contributed by atoms with Crippen molar-refractivity contribution in [2.24, 2.45) is 0 Å². The Morgan fingerprint density at radius 3 is 2.65 bits per heavy atom. The monoisotopic (exact) mass is 267 g/mol. The summed E-state index contributed by atoms with van der Waals surface area (Å²) in [4.78, 5) is 4.43. The van der Waals surface area contributed by atoms with Crippen LogP contribution in [0.15, 0.2) is 40.9 Å². The predicted molar refractivity (Wildman–Crippen MR) is 80.3 cm³/mol. The molecule has 0 amide bonds. The smallest absolute Gasteiger partial charge is 0.260 e. The lowest BCUT2D eigenvalue weighted by Gasteiger charge is -2.04. The number of nitrogens with two attached hydrogens (primary N) is 1. The summed E-state index contributed by atoms with van der Waals surface area (Å²) in [7, 11) is 0. The van der Waals surface area contributed by atoms with Crippen LogP contribution in [0.2, 0.25) is 0 Å². The Balaban J connectivity index is 2.00. The number of anilines is 1. The average molecular weight is 267 g/mol. The molecule has 0 fully saturated rings. The van der Waals surface area contributed by atoms with Gasteiger partial charge >= 0.3 is 0 Å². The van der Waals surface area contributed by atoms with Gasteiger partial charge in [-0.05, 0) is 29.3 Å². The van der Waals surface area contributed by atoms with Crippen molar-refractivity contribution in [3.05, 3.63) is 42.2 Å². The molecular weight excluding hydrogens is 250 g/mol. The fourth-order valence-electron chi connectivity index (χ4n) is 2.24. The van der Waals surface area contributed by atoms with Crippen LogP contribution in [0.1, 0.15) is 25.6 Å². The van der Waals surface area contributed by atoms with Crippen LogP contribution in [0, 0.1) is 0 Å². The number of benzene rings is 2. The van der Waals surface area contributed by atoms with Crippen LogP contribution in [-0.2, 0) is 6.42 Å². The van der Waals surface area contributed by atoms with E-state index in [-0.39, 0.29) is 0 Å². The summed E-state index contributed by atoms with van der Waals surface area (Å²) in [5.74, 6) is 1.24. The van der Waals surface area contributed by atoms with Crippen molar-refractivity contribution in [2.75, 3.05) is 5.73 Å². The zero-order valence-electron chi connectivity index (χ0n) is 11.5. The molecule has 0 saturated carbocycles. The van der Waals surface area contributed by atoms with Crippen LogP contribution in [0.3, 0.4) is 0 Å². The molecule has 102 valence electrons. The van der Waals surface area contributed by atoms with Gasteiger partial charge in [0.2, 0.25) is 0 Å². The van der Waals surface area contributed by atoms with Crippen molar-refractivity contribution in [3.8, 4) is 11.5 Å². The van der Waals surface area contributed by atoms with Crippen molar-refractivity contribution in [1.82, 2.24) is 10.1 Å². The van der Waals surface area contributed by atoms with Gasteiger partial charge in [-0.15, -0.1) is 0 Å². The highest BCUT2D eigenvalue weighted by molar-refractivity contribution is 5.92. The fraction of sp³-hybridized carbons (Fsp3) is 0.250. The summed E-state index contributed by atoms with van der Waals surface area (Å²) in [5.41, 5.74) is 7.57. The molecule has 4 heteroatoms. The van der Waals surface area contributed by atoms with E-state index in [0.717, 1.165) is 41.4 Å². The molecule has 4 nitrogen and oxygen atoms in total. The van der Waals surface area contributed by atoms with Gasteiger partial charge in [0, 0.05) is 12.1 Å². The highest BCUT2D eigenvalue weighted by atomic mass is 16.5. The van der Waals surface area contributed by atoms with Gasteiger partial charge in [-0.25, -0.2) is 0 Å². The van der Waals surface area contributed by atoms with Crippen molar-refractivity contribution >= 4 is 16.5 Å². The summed E-state index contributed by atoms with van der Waals surface area (Å²) in [6.07, 6.45) is 3.02. The molecule has 2 aromatic carbocycles. The standard InChI is InChI=1S/C16H17N3O/c1-2-3-8-15-18-16(20-19-15)13-9-11-6-4-5-7-12(11)10-14(13)17/h4-7,9-10H,2-3,8,17H2,1H3. The molecule has 20 heavy (non-hydrogen) atoms. The molecular formula is C16H17N3O. The minimum Gasteiger partial charge on any atom is -0.398 e. The number of nitrogen functional groups attached to an aromatic ring is 1. The maximum atomic E-state index is 6.10. The molecule has 0 aliphatic rings. The van der Waals surface area contributed by atoms with E-state index in [1.54, 1.807) is 0 Å². The first-order valence-corrected chi connectivity index (χ1v) is 6.89. The second-order valence-electron chi connectivity index (χ2n) is 4.91. The van der Waals surface area contributed by atoms with Crippen LogP contribution in [0.4, 0.5) is 5.69 Å². The van der Waals surface area contributed by atoms with Crippen molar-refractivity contribution in [1.29, 1.82) is 0 Å². The molecule has 2 N–H and O–H groups in total. The topological polar surface area (TPSA) is 64.9 Å². The first-order chi connectivity index (χ1) is 9.78. The third-order valence-corrected chi connectivity index (χ3v) is 3.37. The van der Waals surface area contributed by atoms with Gasteiger partial charge in [-0.1, -0.05) is 42.8 Å². The first-order valence-electron chi connectivity index (χ1n) is 6.89. The third-order valence-electron chi connectivity index (χ3n) is 3.37. The van der Waals surface area contributed by atoms with Crippen LogP contribution in [0.25, 0.3) is 22.2 Å². The highest BCUT2D eigenvalue weighted by Gasteiger charge is 2.12. The summed E-state index contributed by atoms with van der Waals surface area (Å²) in [6.45, 7) is 2.14. The molecule has 3 aromatic rings. The molecule has 0 bridgehead atoms. The molecule has 0 unspecified atom stereocenters. The Labute approximate surface area is 117 Å². The molecule has 0 aliphatic heterocycles. The van der Waals surface area contributed by atoms with Gasteiger partial charge < -0.3 is 10.3 Å². The lowest BCUT2D eigenvalue weighted by molar-refractivity contribution is 0.421. The van der Waals surface area contributed by atoms with Gasteiger partial charge in [0.15, 0.2) is 5.82 Å². The van der Waals surface area contributed by atoms with Crippen LogP contribution in [0.5, 0.6) is 0 Å². The van der Waals surface area contributed by atoms with E-state index < -0.39 is 0 Å². The Hall–Kier alpha value is -2.36. The van der Waals surface area contributed by atoms with Gasteiger partial charge in [-0.2, -0.15) is 4.98 Å². The van der Waals surface area contributed by atoms with E-state index in [4.69, 9.17) is 10.3 Å². The molecule has 0 saturated heterocycles. The number of hydrogen-bond acceptors (Lipinski definition) is 4. The van der Waals surface area contributed by atoms with E-state index in [0.29, 0.717) is 11.6 Å². The number of fused-ring (bicyclic) bond motifs is 1. The van der Waals surface area contributed by atoms with E-state index in [1.807, 2.05) is 36.4 Å². The second kappa shape index (κ2) is 5.33. The van der Waals surface area contributed by atoms with Crippen molar-refractivity contribution in [2.45, 2.75) is 26.2 Å². The first kappa shape index (κ1) is 12.7. The Bertz CT molecular complexity index is 733. The zero-order chi connectivity index (χ0) is 13.9. The van der Waals surface area contributed by atoms with Gasteiger partial charge in [0.05, 0.1) is 5.56 Å². The number of hydrogen-bond donors (Lipinski definition) is 1. The highest BCUT2D eigenvalue weighted by Crippen LogP contribution is 2.29. The van der Waals surface area contributed by atoms with E-state index in [2.05, 4.69) is 17.1 Å². The number of aromatic nitrogens is 2. The van der Waals surface area contributed by atoms with Gasteiger partial charge in [0.25, 0.3) is 5.89 Å². The average Bonchev–Trinajstić information content (AvgIpc) is 2.93. The van der Waals surface area contributed by atoms with E-state index >= 15 is 0 Å². The van der Waals surface area contributed by atoms with Gasteiger partial charge in [0.1, 0.15) is 0 Å². The van der Waals surface area contributed by atoms with E-state index in [1.165, 1.54) is 0 Å². The van der Waals surface area contributed by atoms with Crippen molar-refractivity contribution < 1.29 is 4.52 Å². The molecule has 0 aliphatic carbocycles. The van der Waals surface area contributed by atoms with Crippen LogP contribution in [-0.4, -0.2) is 10.1 Å². The maximum absolute atomic E-state index is 6.10. The Morgan fingerprint density at radius 2 is 1.90 bits per heavy atom. The summed E-state index contributed by atoms with van der Waals surface area (Å²) in [6, 6.07) is 12.0. The van der Waals surface area contributed by atoms with Crippen LogP contribution >= 0.6 is 0 Å². The normalized spacial score (nSPS) is 11.1. The number of unbranched alkanes of at least 4 members (excludes halogenated alkanes) is 1. The Kier molecular flexibility index (Phi) is 3.37. The second-order valence-corrected chi connectivity index (χ2v) is 4.91. The largest absolute Gasteiger partial charge is 0.398 e. The molecule has 1 heterocycles. The lowest BCUT2D eigenvalue weighted by atomic mass is 10.1. The maximum Gasteiger partial charge on any atom is 0.260 e. The van der Waals surface area contributed by atoms with Crippen molar-refractivity contribution in [3.63, 3.8) is 0 Å². The number of aryl methyl sites for hydroxylation is 1. The quantitative estimate of drug-likeness (QED) is 0.730. The van der Waals surface area contributed by atoms with E-state index in [9.17, 15) is 0 Å². The minimum atomic E-state index is 0.499. The SMILES string of the molecule is CCCCc1noc(-c2cc3ccccc3cc2N)n1. The summed E-state index contributed by atoms with van der Waals surface area (Å²) < 4.78 is 5.34. The summed E-state index contributed by atoms with van der Waals surface area (Å²) in [5, 5.41) is 6.24. The lowest BCUT2D eigenvalue weighted by Crippen LogP contribution is -1.92. The van der Waals surface area contributed by atoms with Crippen LogP contribution < -0.4 is 5.73 Å². The molecule has 0 radical (unpaired) electrons. The Morgan fingerprint density at radius 1 is 1.15 bits per heavy atom. The fourth-order valence-corrected chi connectivity index (χ4v) is 2.24.